The van der Waals surface area contributed by atoms with Gasteiger partial charge in [-0.25, -0.2) is 38.7 Å². The van der Waals surface area contributed by atoms with Crippen LogP contribution in [0.4, 0.5) is 20.7 Å². The average Bonchev–Trinajstić information content (AvgIpc) is 4.03. The lowest BCUT2D eigenvalue weighted by Crippen LogP contribution is -2.29. The molecule has 2 saturated heterocycles. The fraction of sp³-hybridized carbons (Fsp3) is 0.283. The van der Waals surface area contributed by atoms with E-state index >= 15 is 0 Å². The summed E-state index contributed by atoms with van der Waals surface area (Å²) in [4.78, 5) is 33.0. The highest BCUT2D eigenvalue weighted by atomic mass is 32.1. The summed E-state index contributed by atoms with van der Waals surface area (Å²) in [6, 6.07) is 37.6. The number of aromatic nitrogens is 6. The van der Waals surface area contributed by atoms with Crippen LogP contribution in [0.1, 0.15) is 84.6 Å². The van der Waals surface area contributed by atoms with Crippen LogP contribution in [0.3, 0.4) is 0 Å². The minimum atomic E-state index is -0.252. The van der Waals surface area contributed by atoms with E-state index in [0.717, 1.165) is 106 Å². The number of hydrogen-bond donors (Lipinski definition) is 3. The van der Waals surface area contributed by atoms with Crippen molar-refractivity contribution in [3.63, 3.8) is 0 Å². The Labute approximate surface area is 399 Å². The molecule has 0 unspecified atom stereocenters. The molecule has 0 radical (unpaired) electrons. The van der Waals surface area contributed by atoms with Gasteiger partial charge in [-0.2, -0.15) is 0 Å². The lowest BCUT2D eigenvalue weighted by Gasteiger charge is -2.27. The molecule has 0 amide bonds. The van der Waals surface area contributed by atoms with Gasteiger partial charge < -0.3 is 20.9 Å². The molecule has 67 heavy (non-hydrogen) atoms. The zero-order valence-corrected chi connectivity index (χ0v) is 39.5. The molecule has 4 aromatic carbocycles. The number of anilines is 2. The van der Waals surface area contributed by atoms with Gasteiger partial charge in [-0.3, -0.25) is 0 Å². The summed E-state index contributed by atoms with van der Waals surface area (Å²) in [5, 5.41) is 12.5. The van der Waals surface area contributed by atoms with Crippen molar-refractivity contribution in [1.29, 1.82) is 0 Å². The van der Waals surface area contributed by atoms with E-state index in [1.54, 1.807) is 59.3 Å². The van der Waals surface area contributed by atoms with Crippen molar-refractivity contribution < 1.29 is 8.78 Å². The van der Waals surface area contributed by atoms with Gasteiger partial charge in [0, 0.05) is 35.4 Å². The van der Waals surface area contributed by atoms with Crippen LogP contribution in [-0.2, 0) is 0 Å². The Morgan fingerprint density at radius 3 is 1.40 bits per heavy atom. The number of likely N-dealkylation sites (tertiary alicyclic amines) is 1. The molecule has 3 N–H and O–H groups in total. The zero-order chi connectivity index (χ0) is 46.1. The SMILES string of the molecule is C[C@H](Nc1nccc(-c2sc(C3CCN(C)CC3)nc2-c2ccc(F)cc2)n1)c1ccccc1.C[C@H](Nc1nccc(-c2sc(C3CCNCC3)nc2-c2ccc(F)cc2)n1)c1ccccc1. The first-order chi connectivity index (χ1) is 32.7. The normalized spacial score (nSPS) is 15.6. The van der Waals surface area contributed by atoms with Crippen LogP contribution in [0.2, 0.25) is 0 Å². The van der Waals surface area contributed by atoms with Gasteiger partial charge in [0.05, 0.1) is 54.6 Å². The Hall–Kier alpha value is -6.32. The van der Waals surface area contributed by atoms with Crippen LogP contribution < -0.4 is 16.0 Å². The number of benzene rings is 4. The lowest BCUT2D eigenvalue weighted by molar-refractivity contribution is 0.255. The summed E-state index contributed by atoms with van der Waals surface area (Å²) < 4.78 is 27.2. The number of thiazole rings is 2. The van der Waals surface area contributed by atoms with Gasteiger partial charge in [0.15, 0.2) is 0 Å². The van der Waals surface area contributed by atoms with E-state index < -0.39 is 0 Å². The molecule has 10 rings (SSSR count). The quantitative estimate of drug-likeness (QED) is 0.109. The largest absolute Gasteiger partial charge is 0.348 e. The Morgan fingerprint density at radius 2 is 0.970 bits per heavy atom. The molecule has 2 atom stereocenters. The van der Waals surface area contributed by atoms with Gasteiger partial charge in [0.1, 0.15) is 11.6 Å². The van der Waals surface area contributed by atoms with Crippen LogP contribution in [0.25, 0.3) is 43.7 Å². The van der Waals surface area contributed by atoms with E-state index in [1.165, 1.54) is 35.4 Å². The Morgan fingerprint density at radius 1 is 0.552 bits per heavy atom. The molecule has 8 aromatic rings. The van der Waals surface area contributed by atoms with Crippen molar-refractivity contribution in [2.24, 2.45) is 0 Å². The summed E-state index contributed by atoms with van der Waals surface area (Å²) in [5.74, 6) is 1.52. The average molecular weight is 933 g/mol. The maximum atomic E-state index is 13.6. The molecule has 0 aliphatic carbocycles. The summed E-state index contributed by atoms with van der Waals surface area (Å²) in [5.41, 5.74) is 7.51. The molecule has 6 heterocycles. The molecule has 0 saturated carbocycles. The van der Waals surface area contributed by atoms with Crippen LogP contribution in [-0.4, -0.2) is 68.0 Å². The number of nitrogens with zero attached hydrogens (tertiary/aromatic N) is 7. The second-order valence-electron chi connectivity index (χ2n) is 17.2. The minimum absolute atomic E-state index is 0.0734. The highest BCUT2D eigenvalue weighted by molar-refractivity contribution is 7.16. The fourth-order valence-electron chi connectivity index (χ4n) is 8.45. The van der Waals surface area contributed by atoms with Crippen molar-refractivity contribution in [1.82, 2.24) is 40.1 Å². The van der Waals surface area contributed by atoms with Crippen LogP contribution >= 0.6 is 22.7 Å². The molecular weight excluding hydrogens is 879 g/mol. The van der Waals surface area contributed by atoms with E-state index in [4.69, 9.17) is 19.9 Å². The second-order valence-corrected chi connectivity index (χ2v) is 19.2. The number of hydrogen-bond acceptors (Lipinski definition) is 12. The van der Waals surface area contributed by atoms with Gasteiger partial charge >= 0.3 is 0 Å². The van der Waals surface area contributed by atoms with E-state index in [2.05, 4.69) is 76.0 Å². The molecule has 2 aliphatic heterocycles. The van der Waals surface area contributed by atoms with Gasteiger partial charge in [-0.1, -0.05) is 60.7 Å². The number of halogens is 2. The first kappa shape index (κ1) is 45.8. The maximum Gasteiger partial charge on any atom is 0.223 e. The fourth-order valence-corrected chi connectivity index (χ4v) is 10.9. The molecular formula is C53H54F2N10S2. The van der Waals surface area contributed by atoms with Crippen molar-refractivity contribution >= 4 is 34.6 Å². The number of nitrogens with one attached hydrogen (secondary N) is 3. The Kier molecular flexibility index (Phi) is 14.7. The third kappa shape index (κ3) is 11.5. The molecule has 14 heteroatoms. The lowest BCUT2D eigenvalue weighted by atomic mass is 9.98. The van der Waals surface area contributed by atoms with E-state index in [9.17, 15) is 8.78 Å². The van der Waals surface area contributed by atoms with Crippen molar-refractivity contribution in [2.45, 2.75) is 63.5 Å². The van der Waals surface area contributed by atoms with Crippen molar-refractivity contribution in [3.05, 3.63) is 166 Å². The Balaban J connectivity index is 0.000000168. The molecule has 4 aromatic heterocycles. The monoisotopic (exact) mass is 932 g/mol. The van der Waals surface area contributed by atoms with Gasteiger partial charge in [0.25, 0.3) is 0 Å². The molecule has 2 fully saturated rings. The van der Waals surface area contributed by atoms with E-state index in [-0.39, 0.29) is 23.7 Å². The number of piperidine rings is 2. The second kappa shape index (κ2) is 21.5. The van der Waals surface area contributed by atoms with Crippen molar-refractivity contribution in [3.8, 4) is 43.7 Å². The maximum absolute atomic E-state index is 13.6. The van der Waals surface area contributed by atoms with Crippen LogP contribution in [0, 0.1) is 11.6 Å². The topological polar surface area (TPSA) is 117 Å². The highest BCUT2D eigenvalue weighted by Crippen LogP contribution is 2.42. The summed E-state index contributed by atoms with van der Waals surface area (Å²) in [6.45, 7) is 8.35. The summed E-state index contributed by atoms with van der Waals surface area (Å²) in [6.07, 6.45) is 7.89. The molecule has 2 aliphatic rings. The van der Waals surface area contributed by atoms with Crippen molar-refractivity contribution in [2.75, 3.05) is 43.9 Å². The molecule has 0 spiro atoms. The minimum Gasteiger partial charge on any atom is -0.348 e. The number of rotatable bonds is 12. The molecule has 10 nitrogen and oxygen atoms in total. The van der Waals surface area contributed by atoms with E-state index in [1.807, 2.05) is 48.5 Å². The third-order valence-electron chi connectivity index (χ3n) is 12.3. The van der Waals surface area contributed by atoms with Crippen LogP contribution in [0.5, 0.6) is 0 Å². The van der Waals surface area contributed by atoms with Gasteiger partial charge in [0.2, 0.25) is 11.9 Å². The van der Waals surface area contributed by atoms with Gasteiger partial charge in [-0.05, 0) is 145 Å². The highest BCUT2D eigenvalue weighted by Gasteiger charge is 2.26. The van der Waals surface area contributed by atoms with E-state index in [0.29, 0.717) is 23.7 Å². The predicted molar refractivity (Wildman–Crippen MR) is 268 cm³/mol. The Bertz CT molecular complexity index is 2830. The molecule has 0 bridgehead atoms. The smallest absolute Gasteiger partial charge is 0.223 e. The third-order valence-corrected chi connectivity index (χ3v) is 14.8. The first-order valence-corrected chi connectivity index (χ1v) is 24.6. The summed E-state index contributed by atoms with van der Waals surface area (Å²) >= 11 is 3.39. The van der Waals surface area contributed by atoms with Crippen LogP contribution in [0.15, 0.2) is 134 Å². The summed E-state index contributed by atoms with van der Waals surface area (Å²) in [7, 11) is 2.17. The zero-order valence-electron chi connectivity index (χ0n) is 37.9. The van der Waals surface area contributed by atoms with Gasteiger partial charge in [-0.15, -0.1) is 22.7 Å². The molecule has 342 valence electrons. The standard InChI is InChI=1S/C27H28FN5S.C26H26FN5S/c1-18(19-6-4-3-5-7-19)30-27-29-15-12-23(31-27)25-24(20-8-10-22(28)11-9-20)32-26(34-25)21-13-16-33(2)17-14-21;1-17(18-5-3-2-4-6-18)30-26-29-16-13-22(31-26)24-23(19-7-9-21(27)10-8-19)32-25(33-24)20-11-14-28-15-12-20/h3-12,15,18,21H,13-14,16-17H2,1-2H3,(H,29,30,31);2-10,13,16-17,20,28H,11-12,14-15H2,1H3,(H,29,30,31)/t18-;17-/m00/s1. The first-order valence-electron chi connectivity index (χ1n) is 23.0. The predicted octanol–water partition coefficient (Wildman–Crippen LogP) is 12.4.